The second-order valence-electron chi connectivity index (χ2n) is 8.96. The van der Waals surface area contributed by atoms with Crippen LogP contribution in [0.3, 0.4) is 0 Å². The number of hydrogen-bond acceptors (Lipinski definition) is 7. The predicted octanol–water partition coefficient (Wildman–Crippen LogP) is 3.82. The molecule has 0 aliphatic carbocycles. The number of carbonyl (C=O) groups is 1. The fourth-order valence-electron chi connectivity index (χ4n) is 4.53. The predicted molar refractivity (Wildman–Crippen MR) is 137 cm³/mol. The maximum absolute atomic E-state index is 15.1. The first kappa shape index (κ1) is 24.6. The van der Waals surface area contributed by atoms with E-state index in [1.165, 1.54) is 6.33 Å². The number of methoxy groups -OCH3 is 1. The van der Waals surface area contributed by atoms with Gasteiger partial charge in [0.2, 0.25) is 5.88 Å². The van der Waals surface area contributed by atoms with Crippen molar-refractivity contribution >= 4 is 27.8 Å². The second-order valence-corrected chi connectivity index (χ2v) is 8.96. The van der Waals surface area contributed by atoms with Crippen molar-refractivity contribution in [2.45, 2.75) is 13.3 Å². The summed E-state index contributed by atoms with van der Waals surface area (Å²) >= 11 is 0. The summed E-state index contributed by atoms with van der Waals surface area (Å²) in [4.78, 5) is 26.9. The van der Waals surface area contributed by atoms with Crippen LogP contribution in [0.1, 0.15) is 12.1 Å². The molecule has 10 nitrogen and oxygen atoms in total. The molecule has 3 N–H and O–H groups in total. The number of nitrogens with two attached hydrogens (primary N) is 1. The van der Waals surface area contributed by atoms with Gasteiger partial charge in [0.05, 0.1) is 24.6 Å². The molecule has 1 aliphatic rings. The Hall–Kier alpha value is -4.12. The third-order valence-electron chi connectivity index (χ3n) is 6.49. The zero-order valence-corrected chi connectivity index (χ0v) is 20.8. The van der Waals surface area contributed by atoms with Crippen LogP contribution in [-0.4, -0.2) is 77.2 Å². The van der Waals surface area contributed by atoms with Crippen molar-refractivity contribution in [2.75, 3.05) is 46.4 Å². The molecule has 2 amide bonds. The maximum atomic E-state index is 15.1. The lowest BCUT2D eigenvalue weighted by atomic mass is 10.2. The average Bonchev–Trinajstić information content (AvgIpc) is 3.29. The Balaban J connectivity index is 1.28. The number of nitrogens with zero attached hydrogens (tertiary/aromatic N) is 4. The van der Waals surface area contributed by atoms with Crippen LogP contribution in [0.2, 0.25) is 0 Å². The van der Waals surface area contributed by atoms with Gasteiger partial charge in [-0.15, -0.1) is 0 Å². The molecular formula is C26H29FN6O4. The first-order chi connectivity index (χ1) is 17.9. The molecule has 4 aromatic rings. The van der Waals surface area contributed by atoms with Gasteiger partial charge in [-0.3, -0.25) is 4.90 Å². The van der Waals surface area contributed by atoms with E-state index in [0.717, 1.165) is 31.7 Å². The van der Waals surface area contributed by atoms with Gasteiger partial charge in [0.15, 0.2) is 23.1 Å². The average molecular weight is 509 g/mol. The Labute approximate surface area is 213 Å². The number of ether oxygens (including phenoxy) is 3. The molecule has 11 heteroatoms. The van der Waals surface area contributed by atoms with Crippen molar-refractivity contribution in [1.82, 2.24) is 24.8 Å². The normalized spacial score (nSPS) is 14.3. The van der Waals surface area contributed by atoms with Crippen molar-refractivity contribution in [3.8, 4) is 23.1 Å². The van der Waals surface area contributed by atoms with Gasteiger partial charge in [-0.05, 0) is 37.6 Å². The number of halogens is 1. The standard InChI is InChI=1S/C26H29FN6O4/c1-16-12-17-19(31-16)4-5-21(24(17)27)37-25-18-13-22(35-2)23(14-20(18)29-15-30-25)36-11-3-6-32-7-9-33(10-8-32)26(28)34/h4-5,12-15,31H,3,6-11H2,1-2H3,(H2,28,34). The third-order valence-corrected chi connectivity index (χ3v) is 6.49. The number of piperazine rings is 1. The van der Waals surface area contributed by atoms with Crippen molar-refractivity contribution in [1.29, 1.82) is 0 Å². The fourth-order valence-corrected chi connectivity index (χ4v) is 4.53. The van der Waals surface area contributed by atoms with Gasteiger partial charge in [0.1, 0.15) is 6.33 Å². The molecule has 2 aromatic carbocycles. The molecule has 0 unspecified atom stereocenters. The van der Waals surface area contributed by atoms with E-state index in [4.69, 9.17) is 19.9 Å². The van der Waals surface area contributed by atoms with E-state index in [-0.39, 0.29) is 17.7 Å². The number of amides is 2. The van der Waals surface area contributed by atoms with Gasteiger partial charge in [-0.2, -0.15) is 0 Å². The minimum atomic E-state index is -0.462. The first-order valence-electron chi connectivity index (χ1n) is 12.1. The smallest absolute Gasteiger partial charge is 0.314 e. The number of H-pyrrole nitrogens is 1. The number of benzene rings is 2. The molecule has 0 atom stereocenters. The first-order valence-corrected chi connectivity index (χ1v) is 12.1. The lowest BCUT2D eigenvalue weighted by molar-refractivity contribution is 0.138. The lowest BCUT2D eigenvalue weighted by Crippen LogP contribution is -2.50. The van der Waals surface area contributed by atoms with Gasteiger partial charge < -0.3 is 29.8 Å². The summed E-state index contributed by atoms with van der Waals surface area (Å²) in [6.07, 6.45) is 2.17. The summed E-state index contributed by atoms with van der Waals surface area (Å²) in [6, 6.07) is 8.22. The number of aromatic amines is 1. The van der Waals surface area contributed by atoms with Crippen molar-refractivity contribution in [3.63, 3.8) is 0 Å². The van der Waals surface area contributed by atoms with Crippen LogP contribution in [0.5, 0.6) is 23.1 Å². The molecule has 194 valence electrons. The molecule has 37 heavy (non-hydrogen) atoms. The van der Waals surface area contributed by atoms with Gasteiger partial charge in [0.25, 0.3) is 0 Å². The summed E-state index contributed by atoms with van der Waals surface area (Å²) in [6.45, 7) is 6.06. The van der Waals surface area contributed by atoms with E-state index in [9.17, 15) is 4.79 Å². The van der Waals surface area contributed by atoms with Crippen LogP contribution in [0.25, 0.3) is 21.8 Å². The minimum Gasteiger partial charge on any atom is -0.493 e. The highest BCUT2D eigenvalue weighted by Crippen LogP contribution is 2.37. The lowest BCUT2D eigenvalue weighted by Gasteiger charge is -2.33. The highest BCUT2D eigenvalue weighted by molar-refractivity contribution is 5.87. The molecule has 0 spiro atoms. The Bertz CT molecular complexity index is 1430. The number of carbonyl (C=O) groups excluding carboxylic acids is 1. The summed E-state index contributed by atoms with van der Waals surface area (Å²) in [5.74, 6) is 0.877. The molecule has 1 saturated heterocycles. The number of urea groups is 1. The van der Waals surface area contributed by atoms with Crippen LogP contribution in [-0.2, 0) is 0 Å². The number of rotatable bonds is 8. The van der Waals surface area contributed by atoms with Gasteiger partial charge in [-0.1, -0.05) is 0 Å². The van der Waals surface area contributed by atoms with E-state index in [2.05, 4.69) is 19.9 Å². The van der Waals surface area contributed by atoms with Gasteiger partial charge in [0, 0.05) is 55.4 Å². The molecule has 2 aromatic heterocycles. The highest BCUT2D eigenvalue weighted by atomic mass is 19.1. The van der Waals surface area contributed by atoms with Crippen LogP contribution < -0.4 is 19.9 Å². The van der Waals surface area contributed by atoms with Crippen LogP contribution in [0, 0.1) is 12.7 Å². The van der Waals surface area contributed by atoms with E-state index in [0.29, 0.717) is 53.0 Å². The van der Waals surface area contributed by atoms with Gasteiger partial charge in [-0.25, -0.2) is 19.2 Å². The summed E-state index contributed by atoms with van der Waals surface area (Å²) in [7, 11) is 1.55. The van der Waals surface area contributed by atoms with E-state index in [1.54, 1.807) is 42.3 Å². The number of aryl methyl sites for hydroxylation is 1. The van der Waals surface area contributed by atoms with Crippen molar-refractivity contribution < 1.29 is 23.4 Å². The summed E-state index contributed by atoms with van der Waals surface area (Å²) in [5, 5.41) is 1.03. The quantitative estimate of drug-likeness (QED) is 0.347. The van der Waals surface area contributed by atoms with Crippen LogP contribution in [0.15, 0.2) is 36.7 Å². The molecular weight excluding hydrogens is 479 g/mol. The Kier molecular flexibility index (Phi) is 6.95. The van der Waals surface area contributed by atoms with E-state index in [1.807, 2.05) is 6.92 Å². The maximum Gasteiger partial charge on any atom is 0.314 e. The highest BCUT2D eigenvalue weighted by Gasteiger charge is 2.19. The SMILES string of the molecule is COc1cc2c(Oc3ccc4[nH]c(C)cc4c3F)ncnc2cc1OCCCN1CCN(C(N)=O)CC1. The minimum absolute atomic E-state index is 0.0717. The van der Waals surface area contributed by atoms with Gasteiger partial charge >= 0.3 is 6.03 Å². The molecule has 0 saturated carbocycles. The number of fused-ring (bicyclic) bond motifs is 2. The molecule has 3 heterocycles. The third kappa shape index (κ3) is 5.21. The molecule has 5 rings (SSSR count). The molecule has 0 radical (unpaired) electrons. The van der Waals surface area contributed by atoms with Crippen molar-refractivity contribution in [2.24, 2.45) is 5.73 Å². The zero-order chi connectivity index (χ0) is 25.9. The Morgan fingerprint density at radius 1 is 1.08 bits per heavy atom. The van der Waals surface area contributed by atoms with Crippen LogP contribution in [0.4, 0.5) is 9.18 Å². The number of hydrogen-bond donors (Lipinski definition) is 2. The Morgan fingerprint density at radius 3 is 2.65 bits per heavy atom. The summed E-state index contributed by atoms with van der Waals surface area (Å²) in [5.41, 5.74) is 7.49. The number of aromatic nitrogens is 3. The molecule has 0 bridgehead atoms. The Morgan fingerprint density at radius 2 is 1.89 bits per heavy atom. The summed E-state index contributed by atoms with van der Waals surface area (Å²) < 4.78 is 32.5. The molecule has 1 aliphatic heterocycles. The van der Waals surface area contributed by atoms with Crippen molar-refractivity contribution in [3.05, 3.63) is 48.2 Å². The van der Waals surface area contributed by atoms with Crippen LogP contribution >= 0.6 is 0 Å². The van der Waals surface area contributed by atoms with E-state index >= 15 is 4.39 Å². The second kappa shape index (κ2) is 10.5. The molecule has 1 fully saturated rings. The van der Waals surface area contributed by atoms with E-state index < -0.39 is 5.82 Å². The fraction of sp³-hybridized carbons (Fsp3) is 0.346. The number of nitrogens with one attached hydrogen (secondary N) is 1. The number of primary amides is 1. The monoisotopic (exact) mass is 508 g/mol. The zero-order valence-electron chi connectivity index (χ0n) is 20.8. The topological polar surface area (TPSA) is 119 Å². The largest absolute Gasteiger partial charge is 0.493 e.